The standard InChI is InChI=1S/C11H7FO.C10H7FO.CH4/c12-11-6-5-8(7-13)9-3-1-2-4-10(9)11;11-9-5-6-10(12)8-4-2-1-3-7(8)9;/h1-7H;1-6,12H;1H4. The summed E-state index contributed by atoms with van der Waals surface area (Å²) in [7, 11) is 0. The van der Waals surface area contributed by atoms with Crippen molar-refractivity contribution >= 4 is 27.8 Å². The molecule has 0 amide bonds. The van der Waals surface area contributed by atoms with Crippen molar-refractivity contribution in [1.82, 2.24) is 0 Å². The third-order valence-corrected chi connectivity index (χ3v) is 3.88. The highest BCUT2D eigenvalue weighted by Gasteiger charge is 2.03. The van der Waals surface area contributed by atoms with Crippen LogP contribution < -0.4 is 0 Å². The second-order valence-electron chi connectivity index (χ2n) is 5.41. The van der Waals surface area contributed by atoms with Crippen molar-refractivity contribution in [2.24, 2.45) is 0 Å². The van der Waals surface area contributed by atoms with Crippen molar-refractivity contribution in [3.05, 3.63) is 90.0 Å². The molecular weight excluding hydrogens is 334 g/mol. The van der Waals surface area contributed by atoms with Gasteiger partial charge < -0.3 is 5.11 Å². The zero-order valence-electron chi connectivity index (χ0n) is 13.1. The van der Waals surface area contributed by atoms with Crippen LogP contribution in [-0.4, -0.2) is 11.4 Å². The van der Waals surface area contributed by atoms with E-state index in [1.54, 1.807) is 48.5 Å². The zero-order chi connectivity index (χ0) is 17.8. The molecule has 0 saturated carbocycles. The predicted octanol–water partition coefficient (Wildman–Crippen LogP) is 6.11. The third-order valence-electron chi connectivity index (χ3n) is 3.88. The van der Waals surface area contributed by atoms with E-state index in [-0.39, 0.29) is 24.8 Å². The summed E-state index contributed by atoms with van der Waals surface area (Å²) in [5.74, 6) is -0.475. The molecule has 26 heavy (non-hydrogen) atoms. The summed E-state index contributed by atoms with van der Waals surface area (Å²) < 4.78 is 26.2. The molecule has 4 aromatic carbocycles. The first-order chi connectivity index (χ1) is 12.1. The van der Waals surface area contributed by atoms with Crippen molar-refractivity contribution in [2.75, 3.05) is 0 Å². The molecule has 132 valence electrons. The molecule has 4 rings (SSSR count). The van der Waals surface area contributed by atoms with Gasteiger partial charge in [-0.05, 0) is 29.7 Å². The lowest BCUT2D eigenvalue weighted by Gasteiger charge is -2.00. The molecule has 0 atom stereocenters. The first-order valence-electron chi connectivity index (χ1n) is 7.60. The van der Waals surface area contributed by atoms with E-state index in [0.29, 0.717) is 27.1 Å². The van der Waals surface area contributed by atoms with Gasteiger partial charge in [0, 0.05) is 21.7 Å². The zero-order valence-corrected chi connectivity index (χ0v) is 13.1. The number of phenolic OH excluding ortho intramolecular Hbond substituents is 1. The van der Waals surface area contributed by atoms with E-state index in [4.69, 9.17) is 0 Å². The molecule has 4 heteroatoms. The van der Waals surface area contributed by atoms with Crippen LogP contribution >= 0.6 is 0 Å². The number of phenols is 1. The van der Waals surface area contributed by atoms with Gasteiger partial charge in [0.1, 0.15) is 17.4 Å². The van der Waals surface area contributed by atoms with Gasteiger partial charge in [0.25, 0.3) is 0 Å². The second kappa shape index (κ2) is 8.21. The minimum atomic E-state index is -0.302. The van der Waals surface area contributed by atoms with Crippen molar-refractivity contribution in [3.63, 3.8) is 0 Å². The van der Waals surface area contributed by atoms with Crippen LogP contribution in [0.1, 0.15) is 17.8 Å². The van der Waals surface area contributed by atoms with Gasteiger partial charge in [-0.3, -0.25) is 4.79 Å². The molecule has 2 nitrogen and oxygen atoms in total. The van der Waals surface area contributed by atoms with Crippen LogP contribution in [0, 0.1) is 11.6 Å². The minimum absolute atomic E-state index is 0. The van der Waals surface area contributed by atoms with Gasteiger partial charge in [0.2, 0.25) is 0 Å². The summed E-state index contributed by atoms with van der Waals surface area (Å²) in [5, 5.41) is 11.5. The Labute approximate surface area is 150 Å². The summed E-state index contributed by atoms with van der Waals surface area (Å²) in [6.07, 6.45) is 0.738. The molecule has 0 bridgehead atoms. The highest BCUT2D eigenvalue weighted by atomic mass is 19.1. The Hall–Kier alpha value is -3.27. The Bertz CT molecular complexity index is 1020. The first kappa shape index (κ1) is 19.1. The SMILES string of the molecule is C.O=Cc1ccc(F)c2ccccc12.Oc1ccc(F)c2ccccc12. The van der Waals surface area contributed by atoms with Crippen LogP contribution in [0.15, 0.2) is 72.8 Å². The van der Waals surface area contributed by atoms with E-state index in [9.17, 15) is 18.7 Å². The van der Waals surface area contributed by atoms with Crippen LogP contribution in [0.5, 0.6) is 5.75 Å². The van der Waals surface area contributed by atoms with Crippen LogP contribution in [-0.2, 0) is 0 Å². The molecule has 0 spiro atoms. The topological polar surface area (TPSA) is 37.3 Å². The van der Waals surface area contributed by atoms with Gasteiger partial charge in [-0.1, -0.05) is 56.0 Å². The second-order valence-corrected chi connectivity index (χ2v) is 5.41. The van der Waals surface area contributed by atoms with Gasteiger partial charge in [-0.2, -0.15) is 0 Å². The molecule has 0 radical (unpaired) electrons. The molecule has 0 heterocycles. The van der Waals surface area contributed by atoms with E-state index in [2.05, 4.69) is 0 Å². The number of fused-ring (bicyclic) bond motifs is 2. The fourth-order valence-electron chi connectivity index (χ4n) is 2.63. The van der Waals surface area contributed by atoms with Gasteiger partial charge in [-0.15, -0.1) is 0 Å². The number of hydrogen-bond acceptors (Lipinski definition) is 2. The maximum Gasteiger partial charge on any atom is 0.150 e. The lowest BCUT2D eigenvalue weighted by atomic mass is 10.1. The number of hydrogen-bond donors (Lipinski definition) is 1. The Balaban J connectivity index is 0.000000180. The summed E-state index contributed by atoms with van der Waals surface area (Å²) in [6.45, 7) is 0. The number of carbonyl (C=O) groups excluding carboxylic acids is 1. The Morgan fingerprint density at radius 3 is 1.65 bits per heavy atom. The summed E-state index contributed by atoms with van der Waals surface area (Å²) in [6, 6.07) is 19.2. The van der Waals surface area contributed by atoms with Crippen LogP contribution in [0.4, 0.5) is 8.78 Å². The van der Waals surface area contributed by atoms with Crippen LogP contribution in [0.25, 0.3) is 21.5 Å². The molecule has 4 aromatic rings. The van der Waals surface area contributed by atoms with Crippen molar-refractivity contribution < 1.29 is 18.7 Å². The highest BCUT2D eigenvalue weighted by Crippen LogP contribution is 2.26. The summed E-state index contributed by atoms with van der Waals surface area (Å²) in [5.41, 5.74) is 0.525. The van der Waals surface area contributed by atoms with Crippen molar-refractivity contribution in [3.8, 4) is 5.75 Å². The number of carbonyl (C=O) groups is 1. The van der Waals surface area contributed by atoms with Gasteiger partial charge in [0.05, 0.1) is 0 Å². The minimum Gasteiger partial charge on any atom is -0.507 e. The molecule has 0 unspecified atom stereocenters. The maximum atomic E-state index is 13.2. The quantitative estimate of drug-likeness (QED) is 0.420. The largest absolute Gasteiger partial charge is 0.507 e. The van der Waals surface area contributed by atoms with Gasteiger partial charge in [-0.25, -0.2) is 8.78 Å². The fraction of sp³-hybridized carbons (Fsp3) is 0.0455. The van der Waals surface area contributed by atoms with Crippen LogP contribution in [0.3, 0.4) is 0 Å². The summed E-state index contributed by atoms with van der Waals surface area (Å²) >= 11 is 0. The van der Waals surface area contributed by atoms with E-state index in [1.165, 1.54) is 24.3 Å². The van der Waals surface area contributed by atoms with Crippen molar-refractivity contribution in [1.29, 1.82) is 0 Å². The van der Waals surface area contributed by atoms with E-state index in [0.717, 1.165) is 6.29 Å². The third kappa shape index (κ3) is 3.70. The molecule has 0 aliphatic carbocycles. The number of benzene rings is 4. The lowest BCUT2D eigenvalue weighted by Crippen LogP contribution is -1.85. The molecule has 0 aliphatic heterocycles. The molecule has 0 saturated heterocycles. The average molecular weight is 352 g/mol. The maximum absolute atomic E-state index is 13.2. The highest BCUT2D eigenvalue weighted by molar-refractivity contribution is 5.98. The van der Waals surface area contributed by atoms with E-state index in [1.807, 2.05) is 0 Å². The molecule has 0 aliphatic rings. The number of aldehydes is 1. The Morgan fingerprint density at radius 2 is 1.12 bits per heavy atom. The van der Waals surface area contributed by atoms with E-state index >= 15 is 0 Å². The van der Waals surface area contributed by atoms with Crippen molar-refractivity contribution in [2.45, 2.75) is 7.43 Å². The Morgan fingerprint density at radius 1 is 0.654 bits per heavy atom. The number of rotatable bonds is 1. The normalized spacial score (nSPS) is 9.92. The summed E-state index contributed by atoms with van der Waals surface area (Å²) in [4.78, 5) is 10.6. The molecular formula is C22H18F2O2. The molecule has 1 N–H and O–H groups in total. The van der Waals surface area contributed by atoms with Crippen LogP contribution in [0.2, 0.25) is 0 Å². The predicted molar refractivity (Wildman–Crippen MR) is 102 cm³/mol. The van der Waals surface area contributed by atoms with Gasteiger partial charge >= 0.3 is 0 Å². The number of aromatic hydroxyl groups is 1. The van der Waals surface area contributed by atoms with Gasteiger partial charge in [0.15, 0.2) is 6.29 Å². The average Bonchev–Trinajstić information content (AvgIpc) is 2.66. The molecule has 0 fully saturated rings. The smallest absolute Gasteiger partial charge is 0.150 e. The lowest BCUT2D eigenvalue weighted by molar-refractivity contribution is 0.112. The van der Waals surface area contributed by atoms with E-state index < -0.39 is 0 Å². The first-order valence-corrected chi connectivity index (χ1v) is 7.60. The monoisotopic (exact) mass is 352 g/mol. The number of halogens is 2. The Kier molecular flexibility index (Phi) is 6.02. The molecule has 0 aromatic heterocycles. The fourth-order valence-corrected chi connectivity index (χ4v) is 2.63.